The second-order valence-electron chi connectivity index (χ2n) is 4.15. The topological polar surface area (TPSA) is 73.8 Å². The number of piperazine rings is 1. The third-order valence-corrected chi connectivity index (χ3v) is 3.02. The Balaban J connectivity index is 2.08. The van der Waals surface area contributed by atoms with Crippen molar-refractivity contribution in [2.75, 3.05) is 26.2 Å². The minimum atomic E-state index is -2.16. The summed E-state index contributed by atoms with van der Waals surface area (Å²) in [6.07, 6.45) is -2.16. The molecule has 2 aliphatic rings. The first kappa shape index (κ1) is 12.1. The van der Waals surface area contributed by atoms with Gasteiger partial charge in [-0.3, -0.25) is 14.5 Å². The van der Waals surface area contributed by atoms with Crippen molar-refractivity contribution < 1.29 is 14.0 Å². The van der Waals surface area contributed by atoms with Gasteiger partial charge in [-0.15, -0.1) is 0 Å². The second-order valence-corrected chi connectivity index (χ2v) is 4.15. The van der Waals surface area contributed by atoms with Crippen molar-refractivity contribution in [3.05, 3.63) is 0 Å². The van der Waals surface area contributed by atoms with Gasteiger partial charge in [0, 0.05) is 26.2 Å². The summed E-state index contributed by atoms with van der Waals surface area (Å²) in [5, 5.41) is 5.55. The summed E-state index contributed by atoms with van der Waals surface area (Å²) in [5.41, 5.74) is 0. The quantitative estimate of drug-likeness (QED) is 0.589. The Morgan fingerprint density at radius 2 is 2.06 bits per heavy atom. The number of nitrogens with one attached hydrogen (secondary N) is 2. The molecule has 0 aliphatic carbocycles. The number of alkyl halides is 1. The van der Waals surface area contributed by atoms with Gasteiger partial charge in [-0.25, -0.2) is 4.39 Å². The number of halogens is 1. The fourth-order valence-electron chi connectivity index (χ4n) is 1.95. The molecule has 0 aromatic heterocycles. The summed E-state index contributed by atoms with van der Waals surface area (Å²) in [6, 6.07) is -0.183. The van der Waals surface area contributed by atoms with Crippen molar-refractivity contribution in [3.8, 4) is 0 Å². The summed E-state index contributed by atoms with van der Waals surface area (Å²) in [5.74, 6) is -1.68. The molecule has 0 spiro atoms. The Morgan fingerprint density at radius 1 is 1.41 bits per heavy atom. The van der Waals surface area contributed by atoms with Crippen molar-refractivity contribution >= 4 is 17.6 Å². The maximum Gasteiger partial charge on any atom is 0.291 e. The van der Waals surface area contributed by atoms with Crippen LogP contribution in [-0.2, 0) is 9.59 Å². The highest BCUT2D eigenvalue weighted by Crippen LogP contribution is 2.08. The Labute approximate surface area is 98.3 Å². The number of nitrogens with zero attached hydrogens (tertiary/aromatic N) is 2. The van der Waals surface area contributed by atoms with Crippen LogP contribution in [-0.4, -0.2) is 60.9 Å². The van der Waals surface area contributed by atoms with E-state index in [-0.39, 0.29) is 11.9 Å². The molecule has 2 rings (SSSR count). The number of carbonyl (C=O) groups excluding carboxylic acids is 2. The van der Waals surface area contributed by atoms with Crippen LogP contribution in [0.5, 0.6) is 0 Å². The number of hydrogen-bond donors (Lipinski definition) is 2. The summed E-state index contributed by atoms with van der Waals surface area (Å²) in [6.45, 7) is 5.17. The number of carbonyl (C=O) groups is 2. The molecule has 0 aromatic carbocycles. The third-order valence-electron chi connectivity index (χ3n) is 3.02. The fraction of sp³-hybridized carbons (Fsp3) is 0.700. The Hall–Kier alpha value is -1.34. The third kappa shape index (κ3) is 2.50. The largest absolute Gasteiger partial charge is 0.314 e. The van der Waals surface area contributed by atoms with E-state index in [2.05, 4.69) is 20.5 Å². The summed E-state index contributed by atoms with van der Waals surface area (Å²) >= 11 is 0. The molecule has 94 valence electrons. The molecule has 1 fully saturated rings. The molecule has 6 nitrogen and oxygen atoms in total. The zero-order valence-electron chi connectivity index (χ0n) is 9.57. The van der Waals surface area contributed by atoms with Crippen molar-refractivity contribution in [1.82, 2.24) is 15.5 Å². The van der Waals surface area contributed by atoms with Gasteiger partial charge in [0.05, 0.1) is 6.04 Å². The molecule has 2 aliphatic heterocycles. The lowest BCUT2D eigenvalue weighted by molar-refractivity contribution is -0.134. The summed E-state index contributed by atoms with van der Waals surface area (Å²) in [7, 11) is 0. The van der Waals surface area contributed by atoms with E-state index in [1.54, 1.807) is 0 Å². The van der Waals surface area contributed by atoms with E-state index in [1.165, 1.54) is 0 Å². The Morgan fingerprint density at radius 3 is 2.65 bits per heavy atom. The van der Waals surface area contributed by atoms with E-state index in [0.717, 1.165) is 26.2 Å². The van der Waals surface area contributed by atoms with Crippen molar-refractivity contribution in [3.63, 3.8) is 0 Å². The van der Waals surface area contributed by atoms with Crippen LogP contribution >= 0.6 is 0 Å². The van der Waals surface area contributed by atoms with Gasteiger partial charge in [-0.2, -0.15) is 4.99 Å². The van der Waals surface area contributed by atoms with E-state index in [4.69, 9.17) is 0 Å². The fourth-order valence-corrected chi connectivity index (χ4v) is 1.95. The zero-order valence-corrected chi connectivity index (χ0v) is 9.57. The first-order valence-corrected chi connectivity index (χ1v) is 5.61. The van der Waals surface area contributed by atoms with Crippen LogP contribution in [0.15, 0.2) is 4.99 Å². The van der Waals surface area contributed by atoms with Crippen LogP contribution in [0.1, 0.15) is 6.92 Å². The lowest BCUT2D eigenvalue weighted by atomic mass is 10.2. The molecule has 17 heavy (non-hydrogen) atoms. The minimum absolute atomic E-state index is 0.183. The molecule has 2 amide bonds. The first-order valence-electron chi connectivity index (χ1n) is 5.61. The number of amides is 2. The molecular weight excluding hydrogens is 227 g/mol. The van der Waals surface area contributed by atoms with Crippen molar-refractivity contribution in [2.45, 2.75) is 19.1 Å². The second kappa shape index (κ2) is 4.89. The molecule has 2 unspecified atom stereocenters. The Kier molecular flexibility index (Phi) is 3.49. The van der Waals surface area contributed by atoms with Gasteiger partial charge in [0.2, 0.25) is 0 Å². The van der Waals surface area contributed by atoms with Gasteiger partial charge in [-0.05, 0) is 6.92 Å². The molecule has 1 saturated heterocycles. The normalized spacial score (nSPS) is 28.6. The maximum atomic E-state index is 13.0. The van der Waals surface area contributed by atoms with Crippen LogP contribution in [0.25, 0.3) is 0 Å². The van der Waals surface area contributed by atoms with Crippen LogP contribution in [0.2, 0.25) is 0 Å². The monoisotopic (exact) mass is 242 g/mol. The smallest absolute Gasteiger partial charge is 0.291 e. The predicted octanol–water partition coefficient (Wildman–Crippen LogP) is -1.33. The maximum absolute atomic E-state index is 13.0. The van der Waals surface area contributed by atoms with E-state index in [9.17, 15) is 14.0 Å². The van der Waals surface area contributed by atoms with Crippen molar-refractivity contribution in [2.24, 2.45) is 4.99 Å². The zero-order chi connectivity index (χ0) is 12.4. The molecule has 2 heterocycles. The average Bonchev–Trinajstić information content (AvgIpc) is 2.35. The number of aliphatic imine (C=N–C) groups is 1. The molecule has 7 heteroatoms. The highest BCUT2D eigenvalue weighted by atomic mass is 19.1. The van der Waals surface area contributed by atoms with Crippen LogP contribution in [0.4, 0.5) is 4.39 Å². The predicted molar refractivity (Wildman–Crippen MR) is 59.4 cm³/mol. The Bertz CT molecular complexity index is 365. The highest BCUT2D eigenvalue weighted by Gasteiger charge is 2.34. The van der Waals surface area contributed by atoms with Crippen LogP contribution < -0.4 is 10.6 Å². The van der Waals surface area contributed by atoms with Crippen LogP contribution in [0, 0.1) is 0 Å². The summed E-state index contributed by atoms with van der Waals surface area (Å²) in [4.78, 5) is 28.0. The van der Waals surface area contributed by atoms with Crippen molar-refractivity contribution in [1.29, 1.82) is 0 Å². The van der Waals surface area contributed by atoms with Gasteiger partial charge in [0.15, 0.2) is 0 Å². The first-order chi connectivity index (χ1) is 8.09. The van der Waals surface area contributed by atoms with Gasteiger partial charge in [0.25, 0.3) is 18.0 Å². The van der Waals surface area contributed by atoms with E-state index in [1.807, 2.05) is 6.92 Å². The lowest BCUT2D eigenvalue weighted by Gasteiger charge is -2.34. The molecule has 0 bridgehead atoms. The minimum Gasteiger partial charge on any atom is -0.314 e. The average molecular weight is 242 g/mol. The molecule has 0 radical (unpaired) electrons. The van der Waals surface area contributed by atoms with E-state index >= 15 is 0 Å². The number of hydrogen-bond acceptors (Lipinski definition) is 4. The number of amidine groups is 1. The SMILES string of the molecule is CC(C1=NC(=O)C(F)C(=O)N1)N1CCNCC1. The van der Waals surface area contributed by atoms with Gasteiger partial charge in [0.1, 0.15) is 5.84 Å². The molecule has 0 saturated carbocycles. The molecule has 0 aromatic rings. The van der Waals surface area contributed by atoms with Gasteiger partial charge >= 0.3 is 0 Å². The van der Waals surface area contributed by atoms with Gasteiger partial charge < -0.3 is 10.6 Å². The molecule has 2 N–H and O–H groups in total. The molecular formula is C10H15FN4O2. The van der Waals surface area contributed by atoms with E-state index < -0.39 is 18.0 Å². The van der Waals surface area contributed by atoms with E-state index in [0.29, 0.717) is 0 Å². The molecule has 2 atom stereocenters. The standard InChI is InChI=1S/C10H15FN4O2/c1-6(15-4-2-12-3-5-15)8-13-9(16)7(11)10(17)14-8/h6-7,12H,2-5H2,1H3,(H,13,14,16,17). The summed E-state index contributed by atoms with van der Waals surface area (Å²) < 4.78 is 13.0. The van der Waals surface area contributed by atoms with Gasteiger partial charge in [-0.1, -0.05) is 0 Å². The highest BCUT2D eigenvalue weighted by molar-refractivity contribution is 6.18. The van der Waals surface area contributed by atoms with Crippen LogP contribution in [0.3, 0.4) is 0 Å². The lowest BCUT2D eigenvalue weighted by Crippen LogP contribution is -2.56. The number of rotatable bonds is 2.